The predicted molar refractivity (Wildman–Crippen MR) is 271 cm³/mol. The molecule has 64 heavy (non-hydrogen) atoms. The smallest absolute Gasteiger partial charge is 0.131 e. The first-order valence-corrected chi connectivity index (χ1v) is 21.9. The van der Waals surface area contributed by atoms with E-state index in [1.165, 1.54) is 59.8 Å². The SMILES string of the molecule is N/C(=N\C(=C/Cc1cccc(-c2ccccc2)c1)c1cc(-n2c3ccccc3c3c4ccccc4ccc32)cc(-n2c3ccccc3c3c4ccccc4ccc32)c1)c1ccccc1. The molecule has 2 N–H and O–H groups in total. The molecule has 0 radical (unpaired) electrons. The van der Waals surface area contributed by atoms with Crippen LogP contribution in [0.2, 0.25) is 0 Å². The van der Waals surface area contributed by atoms with Crippen LogP contribution in [0.1, 0.15) is 16.7 Å². The molecule has 0 aliphatic rings. The summed E-state index contributed by atoms with van der Waals surface area (Å²) in [5.41, 5.74) is 19.8. The van der Waals surface area contributed by atoms with Gasteiger partial charge in [-0.1, -0.05) is 188 Å². The van der Waals surface area contributed by atoms with Crippen LogP contribution < -0.4 is 5.73 Å². The number of benzene rings is 10. The van der Waals surface area contributed by atoms with Gasteiger partial charge >= 0.3 is 0 Å². The molecule has 10 aromatic carbocycles. The number of allylic oxidation sites excluding steroid dienone is 1. The number of nitrogens with two attached hydrogens (primary N) is 1. The summed E-state index contributed by atoms with van der Waals surface area (Å²) in [6.07, 6.45) is 2.89. The van der Waals surface area contributed by atoms with Crippen molar-refractivity contribution >= 4 is 76.7 Å². The first-order chi connectivity index (χ1) is 31.7. The van der Waals surface area contributed by atoms with Gasteiger partial charge in [-0.05, 0) is 87.1 Å². The number of nitrogens with zero attached hydrogens (tertiary/aromatic N) is 3. The van der Waals surface area contributed by atoms with E-state index >= 15 is 0 Å². The standard InChI is InChI=1S/C60H42N4/c61-60(44-21-5-2-6-22-44)62-53(33-30-40-16-15-23-45(36-40)41-17-3-1-4-18-41)46-37-47(63-54-28-13-11-26-51(54)58-49-24-9-7-19-42(49)31-34-56(58)63)39-48(38-46)64-55-29-14-12-27-52(55)59-50-25-10-8-20-43(50)32-35-57(59)64/h1-29,31-39H,30H2,(H2,61,62)/b53-33-. The Morgan fingerprint density at radius 1 is 0.406 bits per heavy atom. The lowest BCUT2D eigenvalue weighted by Crippen LogP contribution is -2.13. The van der Waals surface area contributed by atoms with E-state index in [4.69, 9.17) is 10.7 Å². The highest BCUT2D eigenvalue weighted by Crippen LogP contribution is 2.41. The largest absolute Gasteiger partial charge is 0.383 e. The Morgan fingerprint density at radius 3 is 1.50 bits per heavy atom. The number of fused-ring (bicyclic) bond motifs is 10. The fourth-order valence-electron chi connectivity index (χ4n) is 9.79. The van der Waals surface area contributed by atoms with Crippen molar-refractivity contribution < 1.29 is 0 Å². The van der Waals surface area contributed by atoms with E-state index in [2.05, 4.69) is 209 Å². The van der Waals surface area contributed by atoms with Gasteiger partial charge in [0.15, 0.2) is 0 Å². The van der Waals surface area contributed by atoms with Crippen molar-refractivity contribution in [3.05, 3.63) is 247 Å². The van der Waals surface area contributed by atoms with E-state index < -0.39 is 0 Å². The van der Waals surface area contributed by atoms with Crippen molar-refractivity contribution in [1.82, 2.24) is 9.13 Å². The Kier molecular flexibility index (Phi) is 9.01. The molecule has 12 rings (SSSR count). The van der Waals surface area contributed by atoms with Gasteiger partial charge in [0, 0.05) is 44.0 Å². The number of rotatable bonds is 8. The van der Waals surface area contributed by atoms with E-state index in [9.17, 15) is 0 Å². The minimum absolute atomic E-state index is 0.462. The van der Waals surface area contributed by atoms with Gasteiger partial charge in [-0.25, -0.2) is 4.99 Å². The van der Waals surface area contributed by atoms with E-state index in [0.717, 1.165) is 50.3 Å². The fraction of sp³-hybridized carbons (Fsp3) is 0.0167. The number of aromatic nitrogens is 2. The highest BCUT2D eigenvalue weighted by Gasteiger charge is 2.20. The van der Waals surface area contributed by atoms with Crippen molar-refractivity contribution in [1.29, 1.82) is 0 Å². The van der Waals surface area contributed by atoms with Crippen molar-refractivity contribution in [3.63, 3.8) is 0 Å². The molecule has 0 spiro atoms. The van der Waals surface area contributed by atoms with E-state index in [0.29, 0.717) is 12.3 Å². The maximum absolute atomic E-state index is 6.97. The molecule has 2 aromatic heterocycles. The minimum Gasteiger partial charge on any atom is -0.383 e. The van der Waals surface area contributed by atoms with Crippen molar-refractivity contribution in [3.8, 4) is 22.5 Å². The van der Waals surface area contributed by atoms with Crippen molar-refractivity contribution in [2.24, 2.45) is 10.7 Å². The molecule has 0 unspecified atom stereocenters. The van der Waals surface area contributed by atoms with Crippen LogP contribution in [0.4, 0.5) is 0 Å². The summed E-state index contributed by atoms with van der Waals surface area (Å²) >= 11 is 0. The number of amidine groups is 1. The van der Waals surface area contributed by atoms with Crippen LogP contribution in [0, 0.1) is 0 Å². The molecule has 0 saturated carbocycles. The van der Waals surface area contributed by atoms with Crippen molar-refractivity contribution in [2.45, 2.75) is 6.42 Å². The van der Waals surface area contributed by atoms with Crippen LogP contribution in [-0.2, 0) is 6.42 Å². The maximum atomic E-state index is 6.97. The Bertz CT molecular complexity index is 3640. The van der Waals surface area contributed by atoms with E-state index in [-0.39, 0.29) is 0 Å². The molecule has 0 amide bonds. The van der Waals surface area contributed by atoms with Gasteiger partial charge < -0.3 is 14.9 Å². The highest BCUT2D eigenvalue weighted by atomic mass is 15.0. The lowest BCUT2D eigenvalue weighted by Gasteiger charge is -2.17. The van der Waals surface area contributed by atoms with E-state index in [1.807, 2.05) is 30.3 Å². The number of para-hydroxylation sites is 2. The molecule has 0 fully saturated rings. The summed E-state index contributed by atoms with van der Waals surface area (Å²) in [5.74, 6) is 0.462. The zero-order valence-corrected chi connectivity index (χ0v) is 35.1. The van der Waals surface area contributed by atoms with Crippen LogP contribution in [0.3, 0.4) is 0 Å². The van der Waals surface area contributed by atoms with Crippen molar-refractivity contribution in [2.75, 3.05) is 0 Å². The molecule has 0 saturated heterocycles. The Hall–Kier alpha value is -8.47. The van der Waals surface area contributed by atoms with Crippen LogP contribution >= 0.6 is 0 Å². The Balaban J connectivity index is 1.15. The molecule has 0 atom stereocenters. The zero-order valence-electron chi connectivity index (χ0n) is 35.1. The molecule has 0 bridgehead atoms. The lowest BCUT2D eigenvalue weighted by molar-refractivity contribution is 1.13. The zero-order chi connectivity index (χ0) is 42.6. The topological polar surface area (TPSA) is 48.2 Å². The van der Waals surface area contributed by atoms with Crippen LogP contribution in [-0.4, -0.2) is 15.0 Å². The fourth-order valence-corrected chi connectivity index (χ4v) is 9.79. The summed E-state index contributed by atoms with van der Waals surface area (Å²) in [7, 11) is 0. The first-order valence-electron chi connectivity index (χ1n) is 21.9. The first kappa shape index (κ1) is 37.3. The molecular weight excluding hydrogens is 777 g/mol. The van der Waals surface area contributed by atoms with Gasteiger partial charge in [-0.15, -0.1) is 0 Å². The summed E-state index contributed by atoms with van der Waals surface area (Å²) in [6.45, 7) is 0. The third-order valence-corrected chi connectivity index (χ3v) is 12.7. The average molecular weight is 819 g/mol. The third kappa shape index (κ3) is 6.35. The van der Waals surface area contributed by atoms with Gasteiger partial charge in [-0.3, -0.25) is 0 Å². The molecule has 4 nitrogen and oxygen atoms in total. The second-order valence-corrected chi connectivity index (χ2v) is 16.5. The molecule has 2 heterocycles. The highest BCUT2D eigenvalue weighted by molar-refractivity contribution is 6.22. The predicted octanol–water partition coefficient (Wildman–Crippen LogP) is 14.8. The normalized spacial score (nSPS) is 12.4. The number of aliphatic imine (C=N–C) groups is 1. The summed E-state index contributed by atoms with van der Waals surface area (Å²) in [4.78, 5) is 5.33. The van der Waals surface area contributed by atoms with Gasteiger partial charge in [0.2, 0.25) is 0 Å². The Labute approximate surface area is 371 Å². The monoisotopic (exact) mass is 818 g/mol. The Morgan fingerprint density at radius 2 is 0.906 bits per heavy atom. The molecule has 12 aromatic rings. The van der Waals surface area contributed by atoms with Gasteiger partial charge in [0.1, 0.15) is 5.84 Å². The maximum Gasteiger partial charge on any atom is 0.131 e. The average Bonchev–Trinajstić information content (AvgIpc) is 3.89. The summed E-state index contributed by atoms with van der Waals surface area (Å²) < 4.78 is 4.86. The third-order valence-electron chi connectivity index (χ3n) is 12.7. The molecule has 0 aliphatic heterocycles. The van der Waals surface area contributed by atoms with Gasteiger partial charge in [0.05, 0.1) is 27.8 Å². The molecule has 302 valence electrons. The minimum atomic E-state index is 0.462. The second kappa shape index (κ2) is 15.5. The summed E-state index contributed by atoms with van der Waals surface area (Å²) in [5, 5.41) is 9.82. The second-order valence-electron chi connectivity index (χ2n) is 16.5. The number of hydrogen-bond donors (Lipinski definition) is 1. The molecule has 0 aliphatic carbocycles. The van der Waals surface area contributed by atoms with Crippen LogP contribution in [0.5, 0.6) is 0 Å². The summed E-state index contributed by atoms with van der Waals surface area (Å²) in [6, 6.07) is 80.3. The van der Waals surface area contributed by atoms with E-state index in [1.54, 1.807) is 0 Å². The lowest BCUT2D eigenvalue weighted by atomic mass is 10.0. The van der Waals surface area contributed by atoms with Gasteiger partial charge in [-0.2, -0.15) is 0 Å². The van der Waals surface area contributed by atoms with Gasteiger partial charge in [0.25, 0.3) is 0 Å². The van der Waals surface area contributed by atoms with Crippen LogP contribution in [0.15, 0.2) is 236 Å². The van der Waals surface area contributed by atoms with Crippen LogP contribution in [0.25, 0.3) is 93.4 Å². The molecular formula is C60H42N4. The number of hydrogen-bond acceptors (Lipinski definition) is 1. The molecule has 4 heteroatoms. The quantitative estimate of drug-likeness (QED) is 0.120.